The van der Waals surface area contributed by atoms with E-state index in [-0.39, 0.29) is 0 Å². The van der Waals surface area contributed by atoms with E-state index in [2.05, 4.69) is 185 Å². The fourth-order valence-corrected chi connectivity index (χ4v) is 8.34. The first-order valence-electron chi connectivity index (χ1n) is 19.2. The van der Waals surface area contributed by atoms with E-state index < -0.39 is 0 Å². The molecule has 0 saturated carbocycles. The molecule has 0 bridgehead atoms. The first-order valence-corrected chi connectivity index (χ1v) is 19.2. The standard InChI is InChI=1S/C53H34N4/c1-2-15-45(16-3-1)57-50-26-28-55-51(40-25-22-35-11-4-5-12-38(35)29-40)52(50)56-53(57)37-23-20-36(21-24-37)42-30-43(41-14-10-27-54-34-41)32-44(31-42)49-33-39-13-6-7-17-46(39)47-18-8-9-19-48(47)49/h1-34H. The van der Waals surface area contributed by atoms with E-state index in [1.165, 1.54) is 37.9 Å². The van der Waals surface area contributed by atoms with E-state index >= 15 is 0 Å². The summed E-state index contributed by atoms with van der Waals surface area (Å²) in [5.41, 5.74) is 12.7. The molecule has 0 aliphatic rings. The maximum Gasteiger partial charge on any atom is 0.145 e. The highest BCUT2D eigenvalue weighted by Gasteiger charge is 2.19. The van der Waals surface area contributed by atoms with Gasteiger partial charge in [0, 0.05) is 41.0 Å². The second-order valence-electron chi connectivity index (χ2n) is 14.5. The number of hydrogen-bond acceptors (Lipinski definition) is 3. The SMILES string of the molecule is c1ccc(-n2c(-c3ccc(-c4cc(-c5cccnc5)cc(-c5cc6ccccc6c6ccccc56)c4)cc3)nc3c(-c4ccc5ccccc5c4)nccc32)cc1. The molecule has 3 heterocycles. The van der Waals surface area contributed by atoms with Crippen molar-refractivity contribution < 1.29 is 0 Å². The van der Waals surface area contributed by atoms with Crippen molar-refractivity contribution in [1.82, 2.24) is 19.5 Å². The molecule has 11 rings (SSSR count). The quantitative estimate of drug-likeness (QED) is 0.160. The summed E-state index contributed by atoms with van der Waals surface area (Å²) in [4.78, 5) is 14.8. The molecule has 0 aliphatic heterocycles. The third-order valence-electron chi connectivity index (χ3n) is 11.1. The fraction of sp³-hybridized carbons (Fsp3) is 0. The predicted octanol–water partition coefficient (Wildman–Crippen LogP) is 13.6. The number of benzene rings is 8. The molecular weight excluding hydrogens is 693 g/mol. The Labute approximate surface area is 330 Å². The van der Waals surface area contributed by atoms with Gasteiger partial charge in [-0.25, -0.2) is 4.98 Å². The van der Waals surface area contributed by atoms with Crippen molar-refractivity contribution >= 4 is 43.4 Å². The molecule has 0 N–H and O–H groups in total. The Morgan fingerprint density at radius 1 is 0.386 bits per heavy atom. The summed E-state index contributed by atoms with van der Waals surface area (Å²) in [6.45, 7) is 0. The van der Waals surface area contributed by atoms with Gasteiger partial charge in [0.25, 0.3) is 0 Å². The van der Waals surface area contributed by atoms with E-state index in [4.69, 9.17) is 9.97 Å². The minimum absolute atomic E-state index is 0.866. The van der Waals surface area contributed by atoms with Crippen molar-refractivity contribution in [3.05, 3.63) is 207 Å². The van der Waals surface area contributed by atoms with Crippen molar-refractivity contribution in [2.75, 3.05) is 0 Å². The average Bonchev–Trinajstić information content (AvgIpc) is 3.69. The maximum absolute atomic E-state index is 5.37. The summed E-state index contributed by atoms with van der Waals surface area (Å²) in [5, 5.41) is 7.35. The van der Waals surface area contributed by atoms with Crippen LogP contribution in [-0.2, 0) is 0 Å². The lowest BCUT2D eigenvalue weighted by molar-refractivity contribution is 1.10. The molecule has 57 heavy (non-hydrogen) atoms. The number of imidazole rings is 1. The second-order valence-corrected chi connectivity index (χ2v) is 14.5. The Kier molecular flexibility index (Phi) is 7.78. The first kappa shape index (κ1) is 32.7. The number of rotatable bonds is 6. The van der Waals surface area contributed by atoms with E-state index in [0.717, 1.165) is 67.2 Å². The fourth-order valence-electron chi connectivity index (χ4n) is 8.34. The smallest absolute Gasteiger partial charge is 0.145 e. The van der Waals surface area contributed by atoms with Crippen molar-refractivity contribution in [2.45, 2.75) is 0 Å². The number of nitrogens with zero attached hydrogens (tertiary/aromatic N) is 4. The van der Waals surface area contributed by atoms with Crippen LogP contribution < -0.4 is 0 Å². The highest BCUT2D eigenvalue weighted by Crippen LogP contribution is 2.40. The van der Waals surface area contributed by atoms with Gasteiger partial charge in [-0.05, 0) is 115 Å². The van der Waals surface area contributed by atoms with Crippen LogP contribution >= 0.6 is 0 Å². The zero-order valence-electron chi connectivity index (χ0n) is 30.9. The van der Waals surface area contributed by atoms with E-state index in [9.17, 15) is 0 Å². The van der Waals surface area contributed by atoms with Gasteiger partial charge in [-0.3, -0.25) is 14.5 Å². The van der Waals surface area contributed by atoms with Gasteiger partial charge in [-0.2, -0.15) is 0 Å². The molecular formula is C53H34N4. The monoisotopic (exact) mass is 726 g/mol. The molecule has 8 aromatic carbocycles. The Bertz CT molecular complexity index is 3280. The van der Waals surface area contributed by atoms with Crippen molar-refractivity contribution in [1.29, 1.82) is 0 Å². The zero-order valence-corrected chi connectivity index (χ0v) is 30.9. The Morgan fingerprint density at radius 2 is 1.05 bits per heavy atom. The summed E-state index contributed by atoms with van der Waals surface area (Å²) in [6, 6.07) is 67.1. The molecule has 0 amide bonds. The number of aromatic nitrogens is 4. The van der Waals surface area contributed by atoms with Gasteiger partial charge in [0.15, 0.2) is 0 Å². The minimum atomic E-state index is 0.866. The predicted molar refractivity (Wildman–Crippen MR) is 236 cm³/mol. The molecule has 4 nitrogen and oxygen atoms in total. The summed E-state index contributed by atoms with van der Waals surface area (Å²) < 4.78 is 2.25. The summed E-state index contributed by atoms with van der Waals surface area (Å²) >= 11 is 0. The molecule has 0 saturated heterocycles. The van der Waals surface area contributed by atoms with E-state index in [0.29, 0.717) is 0 Å². The Hall–Kier alpha value is -7.69. The van der Waals surface area contributed by atoms with Gasteiger partial charge in [0.1, 0.15) is 11.3 Å². The third kappa shape index (κ3) is 5.74. The van der Waals surface area contributed by atoms with Gasteiger partial charge in [0.05, 0.1) is 11.2 Å². The Morgan fingerprint density at radius 3 is 1.86 bits per heavy atom. The number of hydrogen-bond donors (Lipinski definition) is 0. The van der Waals surface area contributed by atoms with Gasteiger partial charge in [-0.15, -0.1) is 0 Å². The van der Waals surface area contributed by atoms with Crippen LogP contribution in [0.3, 0.4) is 0 Å². The zero-order chi connectivity index (χ0) is 37.7. The molecule has 11 aromatic rings. The van der Waals surface area contributed by atoms with E-state index in [1.54, 1.807) is 0 Å². The highest BCUT2D eigenvalue weighted by molar-refractivity contribution is 6.14. The normalized spacial score (nSPS) is 11.5. The van der Waals surface area contributed by atoms with Crippen LogP contribution in [-0.4, -0.2) is 19.5 Å². The summed E-state index contributed by atoms with van der Waals surface area (Å²) in [7, 11) is 0. The first-order chi connectivity index (χ1) is 28.2. The minimum Gasteiger partial charge on any atom is -0.292 e. The van der Waals surface area contributed by atoms with Crippen LogP contribution in [0.1, 0.15) is 0 Å². The lowest BCUT2D eigenvalue weighted by Crippen LogP contribution is -1.97. The van der Waals surface area contributed by atoms with Gasteiger partial charge >= 0.3 is 0 Å². The lowest BCUT2D eigenvalue weighted by Gasteiger charge is -2.15. The molecule has 3 aromatic heterocycles. The number of pyridine rings is 2. The maximum atomic E-state index is 5.37. The molecule has 0 atom stereocenters. The molecule has 0 aliphatic carbocycles. The van der Waals surface area contributed by atoms with Crippen LogP contribution in [0.5, 0.6) is 0 Å². The average molecular weight is 727 g/mol. The van der Waals surface area contributed by atoms with Crippen molar-refractivity contribution in [3.63, 3.8) is 0 Å². The number of fused-ring (bicyclic) bond motifs is 5. The summed E-state index contributed by atoms with van der Waals surface area (Å²) in [5.74, 6) is 0.866. The molecule has 0 radical (unpaired) electrons. The second kappa shape index (κ2) is 13.6. The molecule has 0 fully saturated rings. The van der Waals surface area contributed by atoms with Crippen LogP contribution in [0.2, 0.25) is 0 Å². The molecule has 4 heteroatoms. The lowest BCUT2D eigenvalue weighted by atomic mass is 9.89. The van der Waals surface area contributed by atoms with Crippen LogP contribution in [0.25, 0.3) is 105 Å². The van der Waals surface area contributed by atoms with Gasteiger partial charge in [0.2, 0.25) is 0 Å². The molecule has 0 unspecified atom stereocenters. The summed E-state index contributed by atoms with van der Waals surface area (Å²) in [6.07, 6.45) is 5.67. The van der Waals surface area contributed by atoms with Crippen molar-refractivity contribution in [2.24, 2.45) is 0 Å². The topological polar surface area (TPSA) is 43.6 Å². The third-order valence-corrected chi connectivity index (χ3v) is 11.1. The largest absolute Gasteiger partial charge is 0.292 e. The molecule has 0 spiro atoms. The van der Waals surface area contributed by atoms with Crippen LogP contribution in [0, 0.1) is 0 Å². The highest BCUT2D eigenvalue weighted by atomic mass is 15.1. The van der Waals surface area contributed by atoms with E-state index in [1.807, 2.05) is 30.7 Å². The van der Waals surface area contributed by atoms with Crippen molar-refractivity contribution in [3.8, 4) is 61.7 Å². The van der Waals surface area contributed by atoms with Gasteiger partial charge in [-0.1, -0.05) is 133 Å². The van der Waals surface area contributed by atoms with Gasteiger partial charge < -0.3 is 0 Å². The number of para-hydroxylation sites is 1. The van der Waals surface area contributed by atoms with Crippen LogP contribution in [0.4, 0.5) is 0 Å². The molecule has 266 valence electrons. The van der Waals surface area contributed by atoms with Crippen LogP contribution in [0.15, 0.2) is 207 Å². The Balaban J connectivity index is 1.07.